The summed E-state index contributed by atoms with van der Waals surface area (Å²) in [7, 11) is 0. The van der Waals surface area contributed by atoms with Gasteiger partial charge in [-0.05, 0) is 12.8 Å². The lowest BCUT2D eigenvalue weighted by atomic mass is 9.85. The lowest BCUT2D eigenvalue weighted by molar-refractivity contribution is -0.173. The van der Waals surface area contributed by atoms with Crippen LogP contribution in [0.15, 0.2) is 0 Å². The van der Waals surface area contributed by atoms with Crippen LogP contribution in [0.1, 0.15) is 27.7 Å². The van der Waals surface area contributed by atoms with Crippen molar-refractivity contribution in [3.05, 3.63) is 0 Å². The molecule has 3 unspecified atom stereocenters. The highest BCUT2D eigenvalue weighted by Crippen LogP contribution is 2.34. The first-order chi connectivity index (χ1) is 6.43. The van der Waals surface area contributed by atoms with E-state index >= 15 is 0 Å². The van der Waals surface area contributed by atoms with Crippen LogP contribution in [-0.2, 0) is 14.3 Å². The second-order valence-electron chi connectivity index (χ2n) is 3.98. The zero-order chi connectivity index (χ0) is 10.9. The van der Waals surface area contributed by atoms with Crippen LogP contribution in [0.5, 0.6) is 0 Å². The smallest absolute Gasteiger partial charge is 0.303 e. The van der Waals surface area contributed by atoms with E-state index < -0.39 is 0 Å². The Labute approximate surface area is 93.3 Å². The number of hydrogen-bond donors (Lipinski definition) is 0. The van der Waals surface area contributed by atoms with E-state index in [4.69, 9.17) is 9.47 Å². The Hall–Kier alpha value is -0.0900. The maximum atomic E-state index is 10.9. The van der Waals surface area contributed by atoms with Gasteiger partial charge in [-0.15, -0.1) is 0 Å². The molecule has 5 atom stereocenters. The minimum Gasteiger partial charge on any atom is -0.459 e. The van der Waals surface area contributed by atoms with Crippen LogP contribution in [0.25, 0.3) is 0 Å². The predicted octanol–water partition coefficient (Wildman–Crippen LogP) is 2.33. The fourth-order valence-corrected chi connectivity index (χ4v) is 2.65. The SMILES string of the molecule is CC(=O)OC1[C@@H](C)C(C)C(C)O[C@H]1Br. The average Bonchev–Trinajstić information content (AvgIpc) is 2.09. The van der Waals surface area contributed by atoms with Gasteiger partial charge in [-0.3, -0.25) is 4.79 Å². The highest BCUT2D eigenvalue weighted by molar-refractivity contribution is 9.09. The summed E-state index contributed by atoms with van der Waals surface area (Å²) in [6.45, 7) is 7.67. The zero-order valence-electron chi connectivity index (χ0n) is 8.99. The summed E-state index contributed by atoms with van der Waals surface area (Å²) in [5.41, 5.74) is 0. The molecule has 1 heterocycles. The van der Waals surface area contributed by atoms with Crippen LogP contribution < -0.4 is 0 Å². The van der Waals surface area contributed by atoms with Gasteiger partial charge in [0.05, 0.1) is 6.10 Å². The number of carbonyl (C=O) groups is 1. The van der Waals surface area contributed by atoms with Crippen molar-refractivity contribution in [2.45, 2.75) is 44.9 Å². The van der Waals surface area contributed by atoms with Gasteiger partial charge in [-0.1, -0.05) is 29.8 Å². The summed E-state index contributed by atoms with van der Waals surface area (Å²) in [5.74, 6) is 0.455. The molecule has 0 saturated carbocycles. The van der Waals surface area contributed by atoms with Crippen LogP contribution in [0.4, 0.5) is 0 Å². The van der Waals surface area contributed by atoms with E-state index in [-0.39, 0.29) is 23.2 Å². The van der Waals surface area contributed by atoms with E-state index in [0.717, 1.165) is 0 Å². The van der Waals surface area contributed by atoms with Gasteiger partial charge >= 0.3 is 5.97 Å². The third-order valence-electron chi connectivity index (χ3n) is 2.99. The first-order valence-corrected chi connectivity index (χ1v) is 5.81. The van der Waals surface area contributed by atoms with Gasteiger partial charge in [-0.2, -0.15) is 0 Å². The second kappa shape index (κ2) is 4.62. The Balaban J connectivity index is 2.68. The van der Waals surface area contributed by atoms with Crippen LogP contribution >= 0.6 is 15.9 Å². The largest absolute Gasteiger partial charge is 0.459 e. The third kappa shape index (κ3) is 2.48. The Morgan fingerprint density at radius 3 is 2.36 bits per heavy atom. The standard InChI is InChI=1S/C10H17BrO3/c1-5-6(2)9(14-8(4)12)10(11)13-7(5)3/h5-7,9-10H,1-4H3/t5?,6-,7?,9?,10+/m0/s1. The van der Waals surface area contributed by atoms with Crippen molar-refractivity contribution in [2.24, 2.45) is 11.8 Å². The monoisotopic (exact) mass is 264 g/mol. The molecule has 0 aromatic carbocycles. The molecule has 0 spiro atoms. The van der Waals surface area contributed by atoms with E-state index in [1.807, 2.05) is 6.92 Å². The van der Waals surface area contributed by atoms with Crippen molar-refractivity contribution in [3.63, 3.8) is 0 Å². The Morgan fingerprint density at radius 1 is 1.29 bits per heavy atom. The lowest BCUT2D eigenvalue weighted by Crippen LogP contribution is -2.47. The number of rotatable bonds is 1. The number of carbonyl (C=O) groups excluding carboxylic acids is 1. The van der Waals surface area contributed by atoms with Gasteiger partial charge in [0, 0.05) is 12.8 Å². The van der Waals surface area contributed by atoms with Crippen molar-refractivity contribution in [1.29, 1.82) is 0 Å². The first-order valence-electron chi connectivity index (χ1n) is 4.90. The maximum absolute atomic E-state index is 10.9. The summed E-state index contributed by atoms with van der Waals surface area (Å²) in [4.78, 5) is 10.9. The molecule has 1 rings (SSSR count). The van der Waals surface area contributed by atoms with E-state index in [1.54, 1.807) is 0 Å². The lowest BCUT2D eigenvalue weighted by Gasteiger charge is -2.40. The van der Waals surface area contributed by atoms with Crippen molar-refractivity contribution >= 4 is 21.9 Å². The molecule has 0 bridgehead atoms. The van der Waals surface area contributed by atoms with E-state index in [2.05, 4.69) is 29.8 Å². The Bertz CT molecular complexity index is 219. The fraction of sp³-hybridized carbons (Fsp3) is 0.900. The average molecular weight is 265 g/mol. The molecule has 0 aliphatic carbocycles. The molecule has 1 aliphatic rings. The van der Waals surface area contributed by atoms with Crippen LogP contribution in [0.3, 0.4) is 0 Å². The maximum Gasteiger partial charge on any atom is 0.303 e. The molecule has 1 saturated heterocycles. The molecule has 82 valence electrons. The van der Waals surface area contributed by atoms with Crippen LogP contribution in [0.2, 0.25) is 0 Å². The van der Waals surface area contributed by atoms with E-state index in [9.17, 15) is 4.79 Å². The molecule has 4 heteroatoms. The summed E-state index contributed by atoms with van der Waals surface area (Å²) in [5, 5.41) is -0.187. The third-order valence-corrected chi connectivity index (χ3v) is 3.73. The normalized spacial score (nSPS) is 43.4. The fourth-order valence-electron chi connectivity index (χ4n) is 1.72. The molecule has 0 aromatic rings. The molecule has 0 amide bonds. The van der Waals surface area contributed by atoms with Crippen molar-refractivity contribution in [2.75, 3.05) is 0 Å². The van der Waals surface area contributed by atoms with Crippen LogP contribution in [-0.4, -0.2) is 23.2 Å². The summed E-state index contributed by atoms with van der Waals surface area (Å²) in [6, 6.07) is 0. The molecule has 0 radical (unpaired) electrons. The molecular formula is C10H17BrO3. The van der Waals surface area contributed by atoms with Crippen molar-refractivity contribution < 1.29 is 14.3 Å². The Morgan fingerprint density at radius 2 is 1.86 bits per heavy atom. The number of hydrogen-bond acceptors (Lipinski definition) is 3. The molecule has 3 nitrogen and oxygen atoms in total. The van der Waals surface area contributed by atoms with Gasteiger partial charge < -0.3 is 9.47 Å². The van der Waals surface area contributed by atoms with Gasteiger partial charge in [0.1, 0.15) is 11.1 Å². The number of halogens is 1. The molecule has 14 heavy (non-hydrogen) atoms. The van der Waals surface area contributed by atoms with Gasteiger partial charge in [0.2, 0.25) is 0 Å². The topological polar surface area (TPSA) is 35.5 Å². The first kappa shape index (κ1) is 12.0. The van der Waals surface area contributed by atoms with Crippen molar-refractivity contribution in [3.8, 4) is 0 Å². The van der Waals surface area contributed by atoms with E-state index in [1.165, 1.54) is 6.92 Å². The molecule has 0 N–H and O–H groups in total. The summed E-state index contributed by atoms with van der Waals surface area (Å²) in [6.07, 6.45) is 0.0138. The highest BCUT2D eigenvalue weighted by atomic mass is 79.9. The summed E-state index contributed by atoms with van der Waals surface area (Å²) >= 11 is 3.39. The minimum atomic E-state index is -0.253. The van der Waals surface area contributed by atoms with Gasteiger partial charge in [0.15, 0.2) is 0 Å². The van der Waals surface area contributed by atoms with Gasteiger partial charge in [0.25, 0.3) is 0 Å². The molecule has 0 aromatic heterocycles. The van der Waals surface area contributed by atoms with E-state index in [0.29, 0.717) is 11.8 Å². The van der Waals surface area contributed by atoms with Crippen LogP contribution in [0, 0.1) is 11.8 Å². The highest BCUT2D eigenvalue weighted by Gasteiger charge is 2.40. The number of esters is 1. The Kier molecular flexibility index (Phi) is 3.95. The number of ether oxygens (including phenoxy) is 2. The summed E-state index contributed by atoms with van der Waals surface area (Å²) < 4.78 is 10.8. The molecular weight excluding hydrogens is 248 g/mol. The molecule has 1 fully saturated rings. The minimum absolute atomic E-state index is 0.182. The second-order valence-corrected chi connectivity index (χ2v) is 4.89. The molecule has 1 aliphatic heterocycles. The zero-order valence-corrected chi connectivity index (χ0v) is 10.6. The van der Waals surface area contributed by atoms with Crippen molar-refractivity contribution in [1.82, 2.24) is 0 Å². The predicted molar refractivity (Wildman–Crippen MR) is 57.1 cm³/mol. The quantitative estimate of drug-likeness (QED) is 0.539. The number of alkyl halides is 1. The van der Waals surface area contributed by atoms with Gasteiger partial charge in [-0.25, -0.2) is 0 Å².